The van der Waals surface area contributed by atoms with Gasteiger partial charge in [0, 0.05) is 18.2 Å². The first-order chi connectivity index (χ1) is 16.8. The van der Waals surface area contributed by atoms with Gasteiger partial charge in [-0.15, -0.1) is 0 Å². The van der Waals surface area contributed by atoms with Gasteiger partial charge in [0.25, 0.3) is 11.5 Å². The molecule has 0 aliphatic heterocycles. The zero-order chi connectivity index (χ0) is 25.0. The third kappa shape index (κ3) is 5.47. The molecule has 0 fully saturated rings. The number of hydrogen-bond donors (Lipinski definition) is 2. The van der Waals surface area contributed by atoms with Crippen LogP contribution in [0.1, 0.15) is 41.6 Å². The van der Waals surface area contributed by atoms with Crippen molar-refractivity contribution < 1.29 is 13.2 Å². The molecule has 8 nitrogen and oxygen atoms in total. The summed E-state index contributed by atoms with van der Waals surface area (Å²) in [4.78, 5) is 34.3. The van der Waals surface area contributed by atoms with Crippen LogP contribution in [-0.2, 0) is 16.6 Å². The molecule has 3 aromatic carbocycles. The van der Waals surface area contributed by atoms with Crippen molar-refractivity contribution in [2.45, 2.75) is 31.3 Å². The van der Waals surface area contributed by atoms with Crippen molar-refractivity contribution in [1.82, 2.24) is 19.6 Å². The van der Waals surface area contributed by atoms with Crippen LogP contribution >= 0.6 is 0 Å². The minimum atomic E-state index is -3.87. The number of nitrogens with zero attached hydrogens (tertiary/aromatic N) is 2. The van der Waals surface area contributed by atoms with E-state index in [-0.39, 0.29) is 28.5 Å². The molecule has 180 valence electrons. The van der Waals surface area contributed by atoms with Crippen LogP contribution in [0.4, 0.5) is 0 Å². The van der Waals surface area contributed by atoms with E-state index < -0.39 is 16.1 Å². The van der Waals surface area contributed by atoms with Gasteiger partial charge in [-0.05, 0) is 49.7 Å². The molecule has 1 aromatic heterocycles. The van der Waals surface area contributed by atoms with Gasteiger partial charge in [-0.2, -0.15) is 0 Å². The standard InChI is InChI=1S/C26H26N4O4S/c1-3-30(17-24-27-23-15-8-7-14-22(23)25(31)28-24)26(32)20-12-9-13-21(16-20)35(33,34)29-18(2)19-10-5-4-6-11-19/h4-16,18,29H,3,17H2,1-2H3,(H,27,28,31)/t18-/m0/s1. The van der Waals surface area contributed by atoms with Crippen LogP contribution in [0.15, 0.2) is 88.6 Å². The Morgan fingerprint density at radius 1 is 1.03 bits per heavy atom. The second-order valence-corrected chi connectivity index (χ2v) is 9.84. The van der Waals surface area contributed by atoms with Crippen LogP contribution in [0, 0.1) is 0 Å². The van der Waals surface area contributed by atoms with Gasteiger partial charge in [0.2, 0.25) is 10.0 Å². The highest BCUT2D eigenvalue weighted by molar-refractivity contribution is 7.89. The number of nitrogens with one attached hydrogen (secondary N) is 2. The van der Waals surface area contributed by atoms with Gasteiger partial charge in [-0.25, -0.2) is 18.1 Å². The number of benzene rings is 3. The van der Waals surface area contributed by atoms with Crippen LogP contribution < -0.4 is 10.3 Å². The summed E-state index contributed by atoms with van der Waals surface area (Å²) < 4.78 is 28.7. The van der Waals surface area contributed by atoms with Gasteiger partial charge in [0.1, 0.15) is 5.82 Å². The van der Waals surface area contributed by atoms with E-state index in [4.69, 9.17) is 0 Å². The van der Waals surface area contributed by atoms with Gasteiger partial charge in [-0.3, -0.25) is 9.59 Å². The average molecular weight is 491 g/mol. The molecule has 0 saturated heterocycles. The first-order valence-corrected chi connectivity index (χ1v) is 12.7. The molecule has 0 saturated carbocycles. The normalized spacial score (nSPS) is 12.4. The van der Waals surface area contributed by atoms with E-state index >= 15 is 0 Å². The Morgan fingerprint density at radius 3 is 2.49 bits per heavy atom. The quantitative estimate of drug-likeness (QED) is 0.392. The zero-order valence-corrected chi connectivity index (χ0v) is 20.2. The molecule has 0 spiro atoms. The Balaban J connectivity index is 1.56. The molecule has 4 rings (SSSR count). The first-order valence-electron chi connectivity index (χ1n) is 11.2. The maximum absolute atomic E-state index is 13.2. The van der Waals surface area contributed by atoms with Gasteiger partial charge in [0.05, 0.1) is 22.3 Å². The van der Waals surface area contributed by atoms with Crippen LogP contribution in [0.25, 0.3) is 10.9 Å². The molecule has 1 atom stereocenters. The van der Waals surface area contributed by atoms with Crippen molar-refractivity contribution in [3.63, 3.8) is 0 Å². The fourth-order valence-electron chi connectivity index (χ4n) is 3.81. The summed E-state index contributed by atoms with van der Waals surface area (Å²) in [5.74, 6) is -0.0116. The van der Waals surface area contributed by atoms with E-state index in [1.807, 2.05) is 30.3 Å². The van der Waals surface area contributed by atoms with E-state index in [0.29, 0.717) is 23.3 Å². The number of aromatic nitrogens is 2. The molecule has 0 radical (unpaired) electrons. The predicted molar refractivity (Wildman–Crippen MR) is 134 cm³/mol. The molecule has 9 heteroatoms. The van der Waals surface area contributed by atoms with E-state index in [2.05, 4.69) is 14.7 Å². The minimum absolute atomic E-state index is 0.000536. The van der Waals surface area contributed by atoms with Gasteiger partial charge < -0.3 is 9.88 Å². The fraction of sp³-hybridized carbons (Fsp3) is 0.192. The third-order valence-electron chi connectivity index (χ3n) is 5.69. The second kappa shape index (κ2) is 10.2. The Bertz CT molecular complexity index is 1520. The number of amides is 1. The maximum atomic E-state index is 13.2. The number of hydrogen-bond acceptors (Lipinski definition) is 5. The molecule has 2 N–H and O–H groups in total. The molecule has 0 bridgehead atoms. The van der Waals surface area contributed by atoms with Crippen molar-refractivity contribution in [2.24, 2.45) is 0 Å². The second-order valence-electron chi connectivity index (χ2n) is 8.13. The highest BCUT2D eigenvalue weighted by Gasteiger charge is 2.22. The lowest BCUT2D eigenvalue weighted by Gasteiger charge is -2.21. The number of para-hydroxylation sites is 1. The zero-order valence-electron chi connectivity index (χ0n) is 19.4. The Labute approximate surface area is 203 Å². The Kier molecular flexibility index (Phi) is 7.09. The number of carbonyl (C=O) groups is 1. The maximum Gasteiger partial charge on any atom is 0.258 e. The van der Waals surface area contributed by atoms with Gasteiger partial charge in [-0.1, -0.05) is 48.5 Å². The molecular formula is C26H26N4O4S. The lowest BCUT2D eigenvalue weighted by molar-refractivity contribution is 0.0748. The SMILES string of the molecule is CCN(Cc1nc2ccccc2c(=O)[nH]1)C(=O)c1cccc(S(=O)(=O)N[C@@H](C)c2ccccc2)c1. The average Bonchev–Trinajstić information content (AvgIpc) is 2.87. The fourth-order valence-corrected chi connectivity index (χ4v) is 5.08. The Hall–Kier alpha value is -3.82. The number of sulfonamides is 1. The highest BCUT2D eigenvalue weighted by atomic mass is 32.2. The van der Waals surface area contributed by atoms with Crippen LogP contribution in [0.3, 0.4) is 0 Å². The smallest absolute Gasteiger partial charge is 0.258 e. The summed E-state index contributed by atoms with van der Waals surface area (Å²) in [5.41, 5.74) is 1.32. The van der Waals surface area contributed by atoms with Crippen molar-refractivity contribution in [3.05, 3.63) is 106 Å². The molecule has 4 aromatic rings. The van der Waals surface area contributed by atoms with E-state index in [1.165, 1.54) is 17.0 Å². The molecule has 1 amide bonds. The molecule has 0 unspecified atom stereocenters. The summed E-state index contributed by atoms with van der Waals surface area (Å²) in [6.45, 7) is 3.99. The number of fused-ring (bicyclic) bond motifs is 1. The van der Waals surface area contributed by atoms with Crippen molar-refractivity contribution in [1.29, 1.82) is 0 Å². The largest absolute Gasteiger partial charge is 0.331 e. The number of aromatic amines is 1. The predicted octanol–water partition coefficient (Wildman–Crippen LogP) is 3.62. The number of rotatable bonds is 8. The molecule has 1 heterocycles. The molecule has 35 heavy (non-hydrogen) atoms. The van der Waals surface area contributed by atoms with E-state index in [9.17, 15) is 18.0 Å². The van der Waals surface area contributed by atoms with Crippen LogP contribution in [0.5, 0.6) is 0 Å². The lowest BCUT2D eigenvalue weighted by Crippen LogP contribution is -2.32. The summed E-state index contributed by atoms with van der Waals surface area (Å²) in [6.07, 6.45) is 0. The van der Waals surface area contributed by atoms with Crippen LogP contribution in [0.2, 0.25) is 0 Å². The monoisotopic (exact) mass is 490 g/mol. The van der Waals surface area contributed by atoms with E-state index in [0.717, 1.165) is 5.56 Å². The lowest BCUT2D eigenvalue weighted by atomic mass is 10.1. The van der Waals surface area contributed by atoms with Crippen molar-refractivity contribution in [2.75, 3.05) is 6.54 Å². The van der Waals surface area contributed by atoms with Gasteiger partial charge >= 0.3 is 0 Å². The Morgan fingerprint density at radius 2 is 1.74 bits per heavy atom. The highest BCUT2D eigenvalue weighted by Crippen LogP contribution is 2.19. The third-order valence-corrected chi connectivity index (χ3v) is 7.23. The summed E-state index contributed by atoms with van der Waals surface area (Å²) in [5, 5.41) is 0.473. The minimum Gasteiger partial charge on any atom is -0.331 e. The van der Waals surface area contributed by atoms with Crippen LogP contribution in [-0.4, -0.2) is 35.7 Å². The first kappa shape index (κ1) is 24.3. The summed E-state index contributed by atoms with van der Waals surface area (Å²) >= 11 is 0. The number of carbonyl (C=O) groups excluding carboxylic acids is 1. The van der Waals surface area contributed by atoms with E-state index in [1.54, 1.807) is 50.2 Å². The van der Waals surface area contributed by atoms with Gasteiger partial charge in [0.15, 0.2) is 0 Å². The molecular weight excluding hydrogens is 464 g/mol. The summed E-state index contributed by atoms with van der Waals surface area (Å²) in [6, 6.07) is 21.7. The topological polar surface area (TPSA) is 112 Å². The number of H-pyrrole nitrogens is 1. The summed E-state index contributed by atoms with van der Waals surface area (Å²) in [7, 11) is -3.87. The van der Waals surface area contributed by atoms with Crippen molar-refractivity contribution in [3.8, 4) is 0 Å². The molecule has 0 aliphatic carbocycles. The van der Waals surface area contributed by atoms with Crippen molar-refractivity contribution >= 4 is 26.8 Å². The molecule has 0 aliphatic rings.